The standard InChI is InChI=1S/C22H16Cl2N2/c23-18-12-11-17(19(24)14-18)15-26-21-9-5-4-8-20(21)25-22(26)13-10-16-6-2-1-3-7-16/h1-14H,15H2. The monoisotopic (exact) mass is 378 g/mol. The average molecular weight is 379 g/mol. The quantitative estimate of drug-likeness (QED) is 0.393. The molecule has 0 aliphatic rings. The molecule has 1 heterocycles. The number of fused-ring (bicyclic) bond motifs is 1. The highest BCUT2D eigenvalue weighted by Crippen LogP contribution is 2.25. The first-order chi connectivity index (χ1) is 12.7. The van der Waals surface area contributed by atoms with Crippen molar-refractivity contribution in [3.05, 3.63) is 99.8 Å². The van der Waals surface area contributed by atoms with Gasteiger partial charge in [-0.2, -0.15) is 0 Å². The Balaban J connectivity index is 1.78. The fourth-order valence-corrected chi connectivity index (χ4v) is 3.41. The smallest absolute Gasteiger partial charge is 0.134 e. The molecule has 0 amide bonds. The van der Waals surface area contributed by atoms with Gasteiger partial charge in [0.2, 0.25) is 0 Å². The highest BCUT2D eigenvalue weighted by Gasteiger charge is 2.10. The van der Waals surface area contributed by atoms with Crippen LogP contribution in [-0.2, 0) is 6.54 Å². The van der Waals surface area contributed by atoms with Crippen LogP contribution in [-0.4, -0.2) is 9.55 Å². The van der Waals surface area contributed by atoms with E-state index in [-0.39, 0.29) is 0 Å². The summed E-state index contributed by atoms with van der Waals surface area (Å²) in [6.07, 6.45) is 4.11. The molecule has 0 bridgehead atoms. The highest BCUT2D eigenvalue weighted by molar-refractivity contribution is 6.35. The van der Waals surface area contributed by atoms with Crippen LogP contribution in [0.25, 0.3) is 23.2 Å². The van der Waals surface area contributed by atoms with Crippen molar-refractivity contribution in [2.24, 2.45) is 0 Å². The maximum atomic E-state index is 6.39. The highest BCUT2D eigenvalue weighted by atomic mass is 35.5. The van der Waals surface area contributed by atoms with Gasteiger partial charge in [-0.3, -0.25) is 0 Å². The number of nitrogens with zero attached hydrogens (tertiary/aromatic N) is 2. The Morgan fingerprint density at radius 1 is 0.846 bits per heavy atom. The molecule has 4 aromatic rings. The second-order valence-electron chi connectivity index (χ2n) is 6.02. The molecule has 0 spiro atoms. The van der Waals surface area contributed by atoms with Gasteiger partial charge in [-0.1, -0.05) is 77.8 Å². The Kier molecular flexibility index (Phi) is 4.79. The zero-order valence-electron chi connectivity index (χ0n) is 13.9. The van der Waals surface area contributed by atoms with E-state index in [2.05, 4.69) is 28.8 Å². The van der Waals surface area contributed by atoms with E-state index in [9.17, 15) is 0 Å². The first-order valence-electron chi connectivity index (χ1n) is 8.33. The number of imidazole rings is 1. The van der Waals surface area contributed by atoms with Crippen LogP contribution in [0.15, 0.2) is 72.8 Å². The first kappa shape index (κ1) is 16.9. The van der Waals surface area contributed by atoms with Gasteiger partial charge in [0.1, 0.15) is 5.82 Å². The van der Waals surface area contributed by atoms with Crippen LogP contribution < -0.4 is 0 Å². The van der Waals surface area contributed by atoms with Gasteiger partial charge in [-0.25, -0.2) is 4.98 Å². The summed E-state index contributed by atoms with van der Waals surface area (Å²) >= 11 is 12.4. The fraction of sp³-hybridized carbons (Fsp3) is 0.0455. The predicted molar refractivity (Wildman–Crippen MR) is 111 cm³/mol. The van der Waals surface area contributed by atoms with Crippen LogP contribution >= 0.6 is 23.2 Å². The number of hydrogen-bond acceptors (Lipinski definition) is 1. The van der Waals surface area contributed by atoms with Crippen LogP contribution in [0.4, 0.5) is 0 Å². The van der Waals surface area contributed by atoms with Crippen molar-refractivity contribution in [2.75, 3.05) is 0 Å². The van der Waals surface area contributed by atoms with Gasteiger partial charge in [0.25, 0.3) is 0 Å². The second kappa shape index (κ2) is 7.36. The van der Waals surface area contributed by atoms with Gasteiger partial charge in [0.15, 0.2) is 0 Å². The normalized spacial score (nSPS) is 11.5. The van der Waals surface area contributed by atoms with E-state index in [1.807, 2.05) is 54.6 Å². The Labute approximate surface area is 162 Å². The summed E-state index contributed by atoms with van der Waals surface area (Å²) in [6, 6.07) is 23.9. The minimum atomic E-state index is 0.630. The van der Waals surface area contributed by atoms with Crippen molar-refractivity contribution < 1.29 is 0 Å². The molecule has 0 aliphatic carbocycles. The van der Waals surface area contributed by atoms with Gasteiger partial charge >= 0.3 is 0 Å². The summed E-state index contributed by atoms with van der Waals surface area (Å²) < 4.78 is 2.17. The second-order valence-corrected chi connectivity index (χ2v) is 6.87. The molecule has 4 heteroatoms. The molecule has 0 unspecified atom stereocenters. The number of hydrogen-bond donors (Lipinski definition) is 0. The molecule has 2 nitrogen and oxygen atoms in total. The molecule has 0 radical (unpaired) electrons. The molecule has 0 saturated heterocycles. The lowest BCUT2D eigenvalue weighted by Crippen LogP contribution is -2.02. The van der Waals surface area contributed by atoms with E-state index in [0.29, 0.717) is 16.6 Å². The van der Waals surface area contributed by atoms with Crippen molar-refractivity contribution in [3.8, 4) is 0 Å². The van der Waals surface area contributed by atoms with E-state index >= 15 is 0 Å². The molecule has 0 saturated carbocycles. The maximum Gasteiger partial charge on any atom is 0.134 e. The molecule has 4 rings (SSSR count). The lowest BCUT2D eigenvalue weighted by Gasteiger charge is -2.09. The van der Waals surface area contributed by atoms with Crippen molar-refractivity contribution in [3.63, 3.8) is 0 Å². The van der Waals surface area contributed by atoms with Crippen LogP contribution in [0.1, 0.15) is 17.0 Å². The SMILES string of the molecule is Clc1ccc(Cn2c(C=Cc3ccccc3)nc3ccccc32)c(Cl)c1. The first-order valence-corrected chi connectivity index (χ1v) is 9.08. The molecular weight excluding hydrogens is 363 g/mol. The molecule has 1 aromatic heterocycles. The van der Waals surface area contributed by atoms with Crippen LogP contribution in [0, 0.1) is 0 Å². The summed E-state index contributed by atoms with van der Waals surface area (Å²) in [7, 11) is 0. The number of para-hydroxylation sites is 2. The van der Waals surface area contributed by atoms with Gasteiger partial charge in [-0.05, 0) is 41.5 Å². The number of rotatable bonds is 4. The van der Waals surface area contributed by atoms with Crippen LogP contribution in [0.3, 0.4) is 0 Å². The third kappa shape index (κ3) is 3.52. The minimum absolute atomic E-state index is 0.630. The molecule has 3 aromatic carbocycles. The van der Waals surface area contributed by atoms with E-state index in [0.717, 1.165) is 28.0 Å². The van der Waals surface area contributed by atoms with Crippen molar-refractivity contribution in [2.45, 2.75) is 6.54 Å². The lowest BCUT2D eigenvalue weighted by atomic mass is 10.2. The summed E-state index contributed by atoms with van der Waals surface area (Å²) in [6.45, 7) is 0.630. The zero-order chi connectivity index (χ0) is 17.9. The van der Waals surface area contributed by atoms with Gasteiger partial charge in [0.05, 0.1) is 17.6 Å². The van der Waals surface area contributed by atoms with Crippen LogP contribution in [0.2, 0.25) is 10.0 Å². The molecule has 0 aliphatic heterocycles. The molecule has 0 atom stereocenters. The van der Waals surface area contributed by atoms with E-state index in [4.69, 9.17) is 28.2 Å². The van der Waals surface area contributed by atoms with E-state index < -0.39 is 0 Å². The van der Waals surface area contributed by atoms with Gasteiger partial charge in [0, 0.05) is 10.0 Å². The predicted octanol–water partition coefficient (Wildman–Crippen LogP) is 6.56. The molecule has 128 valence electrons. The summed E-state index contributed by atoms with van der Waals surface area (Å²) in [5, 5.41) is 1.30. The van der Waals surface area contributed by atoms with Crippen LogP contribution in [0.5, 0.6) is 0 Å². The van der Waals surface area contributed by atoms with Crippen molar-refractivity contribution in [1.82, 2.24) is 9.55 Å². The molecule has 0 N–H and O–H groups in total. The largest absolute Gasteiger partial charge is 0.320 e. The van der Waals surface area contributed by atoms with Crippen molar-refractivity contribution >= 4 is 46.4 Å². The minimum Gasteiger partial charge on any atom is -0.320 e. The molecule has 26 heavy (non-hydrogen) atoms. The maximum absolute atomic E-state index is 6.39. The van der Waals surface area contributed by atoms with Gasteiger partial charge in [-0.15, -0.1) is 0 Å². The fourth-order valence-electron chi connectivity index (χ4n) is 2.94. The van der Waals surface area contributed by atoms with E-state index in [1.54, 1.807) is 6.07 Å². The molecule has 0 fully saturated rings. The number of halogens is 2. The lowest BCUT2D eigenvalue weighted by molar-refractivity contribution is 0.814. The summed E-state index contributed by atoms with van der Waals surface area (Å²) in [4.78, 5) is 4.78. The topological polar surface area (TPSA) is 17.8 Å². The summed E-state index contributed by atoms with van der Waals surface area (Å²) in [5.74, 6) is 0.890. The Bertz CT molecular complexity index is 1080. The zero-order valence-corrected chi connectivity index (χ0v) is 15.5. The number of aromatic nitrogens is 2. The van der Waals surface area contributed by atoms with Crippen molar-refractivity contribution in [1.29, 1.82) is 0 Å². The Hall–Kier alpha value is -2.55. The third-order valence-electron chi connectivity index (χ3n) is 4.25. The Morgan fingerprint density at radius 2 is 1.62 bits per heavy atom. The Morgan fingerprint density at radius 3 is 2.42 bits per heavy atom. The number of benzene rings is 3. The third-order valence-corrected chi connectivity index (χ3v) is 4.84. The molecular formula is C22H16Cl2N2. The average Bonchev–Trinajstić information content (AvgIpc) is 3.01. The van der Waals surface area contributed by atoms with E-state index in [1.165, 1.54) is 0 Å². The summed E-state index contributed by atoms with van der Waals surface area (Å²) in [5.41, 5.74) is 4.18. The van der Waals surface area contributed by atoms with Gasteiger partial charge < -0.3 is 4.57 Å².